The quantitative estimate of drug-likeness (QED) is 0.793. The first-order valence-corrected chi connectivity index (χ1v) is 7.88. The molecular formula is C12H17ClN2O3S. The minimum absolute atomic E-state index is 0.0776. The lowest BCUT2D eigenvalue weighted by molar-refractivity contribution is 0.245. The molecule has 0 spiro atoms. The summed E-state index contributed by atoms with van der Waals surface area (Å²) in [7, 11) is -3.93. The molecule has 0 fully saturated rings. The molecule has 0 aliphatic heterocycles. The molecule has 19 heavy (non-hydrogen) atoms. The van der Waals surface area contributed by atoms with E-state index in [1.807, 2.05) is 11.6 Å². The summed E-state index contributed by atoms with van der Waals surface area (Å²) < 4.78 is 25.7. The predicted octanol–water partition coefficient (Wildman–Crippen LogP) is 2.52. The van der Waals surface area contributed by atoms with Crippen LogP contribution >= 0.6 is 11.6 Å². The van der Waals surface area contributed by atoms with Crippen LogP contribution in [0.25, 0.3) is 0 Å². The zero-order valence-corrected chi connectivity index (χ0v) is 12.2. The standard InChI is InChI=1S/C12H17ClN2O3S/c1-2-3-6-9-14-12(16)15-19(17,18)11-8-5-4-7-10(11)13/h4-5,7-8H,2-3,6,9H2,1H3,(H2,14,15,16). The summed E-state index contributed by atoms with van der Waals surface area (Å²) in [4.78, 5) is 11.4. The summed E-state index contributed by atoms with van der Waals surface area (Å²) in [5.74, 6) is 0. The van der Waals surface area contributed by atoms with E-state index in [2.05, 4.69) is 5.32 Å². The molecular weight excluding hydrogens is 288 g/mol. The van der Waals surface area contributed by atoms with Gasteiger partial charge in [-0.05, 0) is 18.6 Å². The summed E-state index contributed by atoms with van der Waals surface area (Å²) in [6, 6.07) is 5.21. The van der Waals surface area contributed by atoms with Gasteiger partial charge in [0.1, 0.15) is 4.90 Å². The number of carbonyl (C=O) groups excluding carboxylic acids is 1. The second-order valence-corrected chi connectivity index (χ2v) is 6.06. The molecule has 2 amide bonds. The van der Waals surface area contributed by atoms with Gasteiger partial charge in [-0.15, -0.1) is 0 Å². The Morgan fingerprint density at radius 1 is 1.26 bits per heavy atom. The highest BCUT2D eigenvalue weighted by atomic mass is 35.5. The lowest BCUT2D eigenvalue weighted by Crippen LogP contribution is -2.39. The van der Waals surface area contributed by atoms with E-state index in [4.69, 9.17) is 11.6 Å². The second kappa shape index (κ2) is 7.35. The average molecular weight is 305 g/mol. The normalized spacial score (nSPS) is 11.1. The number of hydrogen-bond acceptors (Lipinski definition) is 3. The van der Waals surface area contributed by atoms with Crippen molar-refractivity contribution in [1.29, 1.82) is 0 Å². The van der Waals surface area contributed by atoms with Gasteiger partial charge in [-0.25, -0.2) is 17.9 Å². The Bertz CT molecular complexity index is 532. The number of benzene rings is 1. The fraction of sp³-hybridized carbons (Fsp3) is 0.417. The molecule has 0 unspecified atom stereocenters. The van der Waals surface area contributed by atoms with Gasteiger partial charge in [-0.3, -0.25) is 0 Å². The number of amides is 2. The molecule has 0 radical (unpaired) electrons. The highest BCUT2D eigenvalue weighted by molar-refractivity contribution is 7.90. The van der Waals surface area contributed by atoms with Gasteiger partial charge in [0.05, 0.1) is 5.02 Å². The highest BCUT2D eigenvalue weighted by Gasteiger charge is 2.19. The van der Waals surface area contributed by atoms with Crippen LogP contribution in [0.5, 0.6) is 0 Å². The molecule has 5 nitrogen and oxygen atoms in total. The van der Waals surface area contributed by atoms with Crippen molar-refractivity contribution in [3.8, 4) is 0 Å². The lowest BCUT2D eigenvalue weighted by Gasteiger charge is -2.09. The van der Waals surface area contributed by atoms with Crippen LogP contribution in [0.4, 0.5) is 4.79 Å². The third kappa shape index (κ3) is 5.08. The van der Waals surface area contributed by atoms with Crippen LogP contribution < -0.4 is 10.0 Å². The van der Waals surface area contributed by atoms with Crippen LogP contribution in [-0.2, 0) is 10.0 Å². The summed E-state index contributed by atoms with van der Waals surface area (Å²) in [6.07, 6.45) is 2.83. The van der Waals surface area contributed by atoms with E-state index in [0.29, 0.717) is 6.54 Å². The van der Waals surface area contributed by atoms with Crippen molar-refractivity contribution in [2.75, 3.05) is 6.54 Å². The Kier molecular flexibility index (Phi) is 6.11. The molecule has 106 valence electrons. The van der Waals surface area contributed by atoms with E-state index in [1.165, 1.54) is 12.1 Å². The van der Waals surface area contributed by atoms with Gasteiger partial charge in [-0.1, -0.05) is 43.5 Å². The summed E-state index contributed by atoms with van der Waals surface area (Å²) in [5.41, 5.74) is 0. The Labute approximate surface area is 118 Å². The molecule has 7 heteroatoms. The number of urea groups is 1. The summed E-state index contributed by atoms with van der Waals surface area (Å²) in [5, 5.41) is 2.57. The maximum absolute atomic E-state index is 11.9. The van der Waals surface area contributed by atoms with Gasteiger partial charge in [0, 0.05) is 6.54 Å². The third-order valence-corrected chi connectivity index (χ3v) is 4.25. The Hall–Kier alpha value is -1.27. The number of rotatable bonds is 6. The first-order valence-electron chi connectivity index (χ1n) is 6.02. The smallest absolute Gasteiger partial charge is 0.328 e. The number of unbranched alkanes of at least 4 members (excludes halogenated alkanes) is 2. The van der Waals surface area contributed by atoms with E-state index in [0.717, 1.165) is 19.3 Å². The van der Waals surface area contributed by atoms with Crippen molar-refractivity contribution in [2.45, 2.75) is 31.1 Å². The maximum atomic E-state index is 11.9. The van der Waals surface area contributed by atoms with Gasteiger partial charge >= 0.3 is 6.03 Å². The molecule has 2 N–H and O–H groups in total. The summed E-state index contributed by atoms with van der Waals surface area (Å²) in [6.45, 7) is 2.49. The number of sulfonamides is 1. The number of halogens is 1. The van der Waals surface area contributed by atoms with Crippen LogP contribution in [0.2, 0.25) is 5.02 Å². The van der Waals surface area contributed by atoms with Crippen molar-refractivity contribution in [1.82, 2.24) is 10.0 Å². The maximum Gasteiger partial charge on any atom is 0.328 e. The fourth-order valence-corrected chi connectivity index (χ4v) is 2.90. The van der Waals surface area contributed by atoms with Crippen LogP contribution in [0.3, 0.4) is 0 Å². The Balaban J connectivity index is 2.60. The average Bonchev–Trinajstić information content (AvgIpc) is 2.34. The molecule has 0 atom stereocenters. The van der Waals surface area contributed by atoms with Crippen molar-refractivity contribution < 1.29 is 13.2 Å². The zero-order valence-electron chi connectivity index (χ0n) is 10.6. The van der Waals surface area contributed by atoms with Gasteiger partial charge in [0.2, 0.25) is 0 Å². The van der Waals surface area contributed by atoms with Gasteiger partial charge in [-0.2, -0.15) is 0 Å². The van der Waals surface area contributed by atoms with Crippen molar-refractivity contribution in [3.05, 3.63) is 29.3 Å². The minimum atomic E-state index is -3.93. The van der Waals surface area contributed by atoms with Crippen molar-refractivity contribution >= 4 is 27.7 Å². The molecule has 0 saturated carbocycles. The van der Waals surface area contributed by atoms with Crippen molar-refractivity contribution in [2.24, 2.45) is 0 Å². The molecule has 1 aromatic carbocycles. The van der Waals surface area contributed by atoms with Crippen LogP contribution in [0.1, 0.15) is 26.2 Å². The van der Waals surface area contributed by atoms with Crippen molar-refractivity contribution in [3.63, 3.8) is 0 Å². The third-order valence-electron chi connectivity index (χ3n) is 2.42. The Morgan fingerprint density at radius 3 is 2.58 bits per heavy atom. The molecule has 0 heterocycles. The second-order valence-electron chi connectivity index (χ2n) is 4.00. The first-order chi connectivity index (χ1) is 8.97. The number of carbonyl (C=O) groups is 1. The van der Waals surface area contributed by atoms with Crippen LogP contribution in [-0.4, -0.2) is 21.0 Å². The number of nitrogens with one attached hydrogen (secondary N) is 2. The molecule has 0 bridgehead atoms. The van der Waals surface area contributed by atoms with Crippen LogP contribution in [0.15, 0.2) is 29.2 Å². The lowest BCUT2D eigenvalue weighted by atomic mass is 10.2. The molecule has 0 aliphatic carbocycles. The van der Waals surface area contributed by atoms with Crippen LogP contribution in [0, 0.1) is 0 Å². The predicted molar refractivity (Wildman–Crippen MR) is 74.7 cm³/mol. The van der Waals surface area contributed by atoms with E-state index in [1.54, 1.807) is 12.1 Å². The molecule has 0 saturated heterocycles. The molecule has 0 aliphatic rings. The molecule has 1 rings (SSSR count). The molecule has 0 aromatic heterocycles. The Morgan fingerprint density at radius 2 is 1.95 bits per heavy atom. The zero-order chi connectivity index (χ0) is 14.3. The van der Waals surface area contributed by atoms with E-state index in [-0.39, 0.29) is 9.92 Å². The van der Waals surface area contributed by atoms with E-state index in [9.17, 15) is 13.2 Å². The highest BCUT2D eigenvalue weighted by Crippen LogP contribution is 2.19. The van der Waals surface area contributed by atoms with E-state index >= 15 is 0 Å². The first kappa shape index (κ1) is 15.8. The van der Waals surface area contributed by atoms with Gasteiger partial charge in [0.25, 0.3) is 10.0 Å². The van der Waals surface area contributed by atoms with E-state index < -0.39 is 16.1 Å². The monoisotopic (exact) mass is 304 g/mol. The van der Waals surface area contributed by atoms with Gasteiger partial charge in [0.15, 0.2) is 0 Å². The SMILES string of the molecule is CCCCCNC(=O)NS(=O)(=O)c1ccccc1Cl. The largest absolute Gasteiger partial charge is 0.337 e. The molecule has 1 aromatic rings. The van der Waals surface area contributed by atoms with Gasteiger partial charge < -0.3 is 5.32 Å². The number of hydrogen-bond donors (Lipinski definition) is 2. The summed E-state index contributed by atoms with van der Waals surface area (Å²) >= 11 is 5.79. The fourth-order valence-electron chi connectivity index (χ4n) is 1.45. The topological polar surface area (TPSA) is 75.3 Å². The minimum Gasteiger partial charge on any atom is -0.337 e.